The second-order valence-electron chi connectivity index (χ2n) is 4.64. The summed E-state index contributed by atoms with van der Waals surface area (Å²) in [5, 5.41) is 12.2. The largest absolute Gasteiger partial charge is 0.490 e. The van der Waals surface area contributed by atoms with Crippen molar-refractivity contribution < 1.29 is 27.5 Å². The van der Waals surface area contributed by atoms with E-state index in [9.17, 15) is 18.3 Å². The summed E-state index contributed by atoms with van der Waals surface area (Å²) in [5.74, 6) is 0.493. The summed E-state index contributed by atoms with van der Waals surface area (Å²) in [4.78, 5) is 0. The molecule has 22 heavy (non-hydrogen) atoms. The van der Waals surface area contributed by atoms with Gasteiger partial charge in [0, 0.05) is 11.6 Å². The van der Waals surface area contributed by atoms with Crippen LogP contribution in [0.1, 0.15) is 23.9 Å². The quantitative estimate of drug-likeness (QED) is 0.916. The van der Waals surface area contributed by atoms with Crippen molar-refractivity contribution in [3.63, 3.8) is 0 Å². The molecule has 0 spiro atoms. The minimum absolute atomic E-state index is 0.0161. The maximum Gasteiger partial charge on any atom is 0.436 e. The van der Waals surface area contributed by atoms with Gasteiger partial charge in [0.25, 0.3) is 0 Å². The Labute approximate surface area is 124 Å². The van der Waals surface area contributed by atoms with Crippen LogP contribution in [0.2, 0.25) is 0 Å². The Morgan fingerprint density at radius 2 is 2.05 bits per heavy atom. The molecule has 0 amide bonds. The third-order valence-electron chi connectivity index (χ3n) is 2.65. The molecule has 4 nitrogen and oxygen atoms in total. The Bertz CT molecular complexity index is 647. The number of para-hydroxylation sites is 1. The highest BCUT2D eigenvalue weighted by molar-refractivity contribution is 5.70. The van der Waals surface area contributed by atoms with E-state index in [0.29, 0.717) is 11.3 Å². The molecule has 2 aromatic rings. The third kappa shape index (κ3) is 4.36. The number of ether oxygens (including phenoxy) is 1. The minimum atomic E-state index is -4.53. The first-order chi connectivity index (χ1) is 10.4. The molecule has 0 aliphatic rings. The lowest BCUT2D eigenvalue weighted by atomic mass is 10.1. The predicted molar refractivity (Wildman–Crippen MR) is 74.1 cm³/mol. The second kappa shape index (κ2) is 6.65. The molecule has 7 heteroatoms. The maximum atomic E-state index is 12.4. The molecule has 2 rings (SSSR count). The molecule has 0 bridgehead atoms. The topological polar surface area (TPSA) is 55.5 Å². The number of hydrogen-bond acceptors (Lipinski definition) is 4. The molecule has 1 unspecified atom stereocenters. The van der Waals surface area contributed by atoms with E-state index in [1.165, 1.54) is 6.08 Å². The zero-order valence-electron chi connectivity index (χ0n) is 11.7. The zero-order valence-corrected chi connectivity index (χ0v) is 11.7. The van der Waals surface area contributed by atoms with Gasteiger partial charge in [0.2, 0.25) is 0 Å². The Balaban J connectivity index is 2.14. The van der Waals surface area contributed by atoms with Crippen molar-refractivity contribution in [3.8, 4) is 5.75 Å². The highest BCUT2D eigenvalue weighted by Crippen LogP contribution is 2.29. The third-order valence-corrected chi connectivity index (χ3v) is 2.65. The fourth-order valence-corrected chi connectivity index (χ4v) is 1.63. The molecule has 1 atom stereocenters. The highest BCUT2D eigenvalue weighted by atomic mass is 19.4. The van der Waals surface area contributed by atoms with Crippen LogP contribution in [0.5, 0.6) is 5.75 Å². The van der Waals surface area contributed by atoms with Gasteiger partial charge in [-0.15, -0.1) is 0 Å². The van der Waals surface area contributed by atoms with Crippen molar-refractivity contribution in [3.05, 3.63) is 47.3 Å². The summed E-state index contributed by atoms with van der Waals surface area (Å²) in [7, 11) is 0. The van der Waals surface area contributed by atoms with Gasteiger partial charge in [-0.05, 0) is 25.1 Å². The summed E-state index contributed by atoms with van der Waals surface area (Å²) in [6.07, 6.45) is -2.24. The van der Waals surface area contributed by atoms with Gasteiger partial charge in [-0.3, -0.25) is 0 Å². The number of rotatable bonds is 5. The van der Waals surface area contributed by atoms with E-state index in [2.05, 4.69) is 9.68 Å². The summed E-state index contributed by atoms with van der Waals surface area (Å²) in [5.41, 5.74) is -0.432. The van der Waals surface area contributed by atoms with Gasteiger partial charge in [-0.1, -0.05) is 23.4 Å². The van der Waals surface area contributed by atoms with E-state index in [-0.39, 0.29) is 12.4 Å². The summed E-state index contributed by atoms with van der Waals surface area (Å²) in [6.45, 7) is 1.71. The monoisotopic (exact) mass is 313 g/mol. The first-order valence-corrected chi connectivity index (χ1v) is 6.48. The first kappa shape index (κ1) is 16.1. The lowest BCUT2D eigenvalue weighted by molar-refractivity contribution is -0.142. The number of hydrogen-bond donors (Lipinski definition) is 1. The number of aliphatic hydroxyl groups is 1. The molecule has 1 heterocycles. The van der Waals surface area contributed by atoms with Gasteiger partial charge >= 0.3 is 6.18 Å². The maximum absolute atomic E-state index is 12.4. The lowest BCUT2D eigenvalue weighted by Crippen LogP contribution is -2.13. The summed E-state index contributed by atoms with van der Waals surface area (Å²) < 4.78 is 47.3. The number of halogens is 3. The Morgan fingerprint density at radius 1 is 1.32 bits per heavy atom. The Morgan fingerprint density at radius 3 is 2.68 bits per heavy atom. The van der Waals surface area contributed by atoms with Crippen LogP contribution in [0.4, 0.5) is 13.2 Å². The molecule has 0 saturated carbocycles. The van der Waals surface area contributed by atoms with E-state index in [0.717, 1.165) is 6.07 Å². The number of nitrogens with zero attached hydrogens (tertiary/aromatic N) is 1. The van der Waals surface area contributed by atoms with Crippen LogP contribution >= 0.6 is 0 Å². The smallest absolute Gasteiger partial charge is 0.436 e. The first-order valence-electron chi connectivity index (χ1n) is 6.48. The second-order valence-corrected chi connectivity index (χ2v) is 4.64. The van der Waals surface area contributed by atoms with Gasteiger partial charge in [0.15, 0.2) is 11.5 Å². The summed E-state index contributed by atoms with van der Waals surface area (Å²) >= 11 is 0. The van der Waals surface area contributed by atoms with E-state index in [4.69, 9.17) is 4.74 Å². The Kier molecular flexibility index (Phi) is 4.87. The van der Waals surface area contributed by atoms with E-state index >= 15 is 0 Å². The highest BCUT2D eigenvalue weighted by Gasteiger charge is 2.34. The van der Waals surface area contributed by atoms with Crippen LogP contribution in [-0.2, 0) is 6.18 Å². The van der Waals surface area contributed by atoms with Crippen molar-refractivity contribution in [2.24, 2.45) is 0 Å². The van der Waals surface area contributed by atoms with E-state index in [1.807, 2.05) is 0 Å². The van der Waals surface area contributed by atoms with Crippen molar-refractivity contribution in [2.75, 3.05) is 6.61 Å². The van der Waals surface area contributed by atoms with Crippen LogP contribution < -0.4 is 4.74 Å². The molecule has 0 aliphatic carbocycles. The molecule has 118 valence electrons. The van der Waals surface area contributed by atoms with E-state index < -0.39 is 18.0 Å². The number of aliphatic hydroxyl groups excluding tert-OH is 1. The number of aromatic nitrogens is 1. The molecule has 1 aromatic heterocycles. The number of benzene rings is 1. The molecule has 0 saturated heterocycles. The van der Waals surface area contributed by atoms with Gasteiger partial charge < -0.3 is 14.4 Å². The standard InChI is InChI=1S/C15H14F3NO3/c1-10(20)9-21-13-5-3-2-4-11(13)6-7-12-8-14(19-22-12)15(16,17)18/h2-8,10,20H,9H2,1H3. The Hall–Kier alpha value is -2.28. The van der Waals surface area contributed by atoms with Gasteiger partial charge in [0.1, 0.15) is 12.4 Å². The number of alkyl halides is 3. The predicted octanol–water partition coefficient (Wildman–Crippen LogP) is 3.62. The van der Waals surface area contributed by atoms with Crippen molar-refractivity contribution >= 4 is 12.2 Å². The molecule has 0 aliphatic heterocycles. The van der Waals surface area contributed by atoms with Crippen molar-refractivity contribution in [1.82, 2.24) is 5.16 Å². The van der Waals surface area contributed by atoms with Crippen molar-refractivity contribution in [2.45, 2.75) is 19.2 Å². The minimum Gasteiger partial charge on any atom is -0.490 e. The van der Waals surface area contributed by atoms with Gasteiger partial charge in [0.05, 0.1) is 6.10 Å². The van der Waals surface area contributed by atoms with Crippen LogP contribution in [0.25, 0.3) is 12.2 Å². The summed E-state index contributed by atoms with van der Waals surface area (Å²) in [6, 6.07) is 7.76. The van der Waals surface area contributed by atoms with Crippen LogP contribution in [0, 0.1) is 0 Å². The molecule has 0 radical (unpaired) electrons. The van der Waals surface area contributed by atoms with Crippen molar-refractivity contribution in [1.29, 1.82) is 0 Å². The molecular formula is C15H14F3NO3. The van der Waals surface area contributed by atoms with Crippen LogP contribution in [0.15, 0.2) is 34.9 Å². The van der Waals surface area contributed by atoms with Crippen LogP contribution in [0.3, 0.4) is 0 Å². The molecule has 1 N–H and O–H groups in total. The fraction of sp³-hybridized carbons (Fsp3) is 0.267. The zero-order chi connectivity index (χ0) is 16.2. The SMILES string of the molecule is CC(O)COc1ccccc1C=Cc1cc(C(F)(F)F)no1. The van der Waals surface area contributed by atoms with Gasteiger partial charge in [-0.2, -0.15) is 13.2 Å². The van der Waals surface area contributed by atoms with Crippen LogP contribution in [-0.4, -0.2) is 23.0 Å². The molecular weight excluding hydrogens is 299 g/mol. The fourth-order valence-electron chi connectivity index (χ4n) is 1.63. The van der Waals surface area contributed by atoms with Gasteiger partial charge in [-0.25, -0.2) is 0 Å². The average Bonchev–Trinajstić information content (AvgIpc) is 2.92. The van der Waals surface area contributed by atoms with E-state index in [1.54, 1.807) is 37.3 Å². The molecule has 0 fully saturated rings. The molecule has 1 aromatic carbocycles. The lowest BCUT2D eigenvalue weighted by Gasteiger charge is -2.10. The normalized spacial score (nSPS) is 13.5. The average molecular weight is 313 g/mol.